The molecule has 158 valence electrons. The Labute approximate surface area is 172 Å². The number of hydrogen-bond acceptors (Lipinski definition) is 5. The van der Waals surface area contributed by atoms with Crippen LogP contribution in [0.1, 0.15) is 31.7 Å². The molecule has 3 rings (SSSR count). The molecule has 2 heterocycles. The molecule has 2 N–H and O–H groups in total. The molecule has 0 aromatic heterocycles. The normalized spacial score (nSPS) is 20.2. The van der Waals surface area contributed by atoms with Crippen LogP contribution in [0, 0.1) is 0 Å². The summed E-state index contributed by atoms with van der Waals surface area (Å²) in [6.07, 6.45) is 8.61. The number of aryl methyl sites for hydroxylation is 1. The average Bonchev–Trinajstić information content (AvgIpc) is 2.74. The van der Waals surface area contributed by atoms with E-state index in [0.29, 0.717) is 26.2 Å². The van der Waals surface area contributed by atoms with Gasteiger partial charge >= 0.3 is 0 Å². The van der Waals surface area contributed by atoms with Crippen LogP contribution >= 0.6 is 0 Å². The zero-order valence-electron chi connectivity index (χ0n) is 16.8. The number of ether oxygens (including phenoxy) is 1. The van der Waals surface area contributed by atoms with E-state index in [2.05, 4.69) is 36.1 Å². The Kier molecular flexibility index (Phi) is 6.97. The summed E-state index contributed by atoms with van der Waals surface area (Å²) in [5.41, 5.74) is 6.61. The van der Waals surface area contributed by atoms with E-state index in [-0.39, 0.29) is 5.57 Å². The van der Waals surface area contributed by atoms with Crippen LogP contribution in [0.3, 0.4) is 0 Å². The Morgan fingerprint density at radius 1 is 1.14 bits per heavy atom. The van der Waals surface area contributed by atoms with Crippen molar-refractivity contribution in [2.24, 2.45) is 5.73 Å². The lowest BCUT2D eigenvalue weighted by molar-refractivity contribution is -0.114. The van der Waals surface area contributed by atoms with Crippen LogP contribution in [-0.2, 0) is 26.0 Å². The Balaban J connectivity index is 1.58. The highest BCUT2D eigenvalue weighted by Gasteiger charge is 2.35. The first-order valence-electron chi connectivity index (χ1n) is 10.1. The molecular formula is C21H29N3O4S. The van der Waals surface area contributed by atoms with Crippen molar-refractivity contribution in [3.05, 3.63) is 53.8 Å². The minimum absolute atomic E-state index is 0.141. The summed E-state index contributed by atoms with van der Waals surface area (Å²) < 4.78 is 32.4. The van der Waals surface area contributed by atoms with E-state index < -0.39 is 21.4 Å². The minimum atomic E-state index is -3.73. The molecule has 8 heteroatoms. The van der Waals surface area contributed by atoms with Gasteiger partial charge in [-0.05, 0) is 42.7 Å². The van der Waals surface area contributed by atoms with Crippen molar-refractivity contribution in [3.8, 4) is 0 Å². The Morgan fingerprint density at radius 2 is 1.83 bits per heavy atom. The van der Waals surface area contributed by atoms with Gasteiger partial charge in [-0.1, -0.05) is 31.9 Å². The van der Waals surface area contributed by atoms with E-state index in [9.17, 15) is 13.2 Å². The third-order valence-electron chi connectivity index (χ3n) is 5.32. The first kappa shape index (κ1) is 21.4. The third kappa shape index (κ3) is 5.19. The summed E-state index contributed by atoms with van der Waals surface area (Å²) >= 11 is 0. The molecule has 1 aromatic carbocycles. The minimum Gasteiger partial charge on any atom is -0.476 e. The van der Waals surface area contributed by atoms with Gasteiger partial charge in [-0.15, -0.1) is 0 Å². The number of carbonyl (C=O) groups excluding carboxylic acids is 1. The zero-order valence-corrected chi connectivity index (χ0v) is 17.6. The van der Waals surface area contributed by atoms with Crippen molar-refractivity contribution in [1.29, 1.82) is 0 Å². The van der Waals surface area contributed by atoms with Gasteiger partial charge < -0.3 is 15.4 Å². The van der Waals surface area contributed by atoms with E-state index in [4.69, 9.17) is 10.5 Å². The molecule has 1 amide bonds. The fraction of sp³-hybridized carbons (Fsp3) is 0.476. The molecule has 1 aromatic rings. The van der Waals surface area contributed by atoms with E-state index in [1.807, 2.05) is 0 Å². The van der Waals surface area contributed by atoms with Crippen LogP contribution < -0.4 is 10.6 Å². The molecule has 7 nitrogen and oxygen atoms in total. The van der Waals surface area contributed by atoms with E-state index in [1.165, 1.54) is 47.5 Å². The van der Waals surface area contributed by atoms with Crippen LogP contribution in [0.4, 0.5) is 5.69 Å². The number of nitrogens with two attached hydrogens (primary N) is 1. The molecule has 0 spiro atoms. The number of carbonyl (C=O) groups is 1. The Morgan fingerprint density at radius 3 is 2.45 bits per heavy atom. The smallest absolute Gasteiger partial charge is 0.256 e. The molecule has 0 aliphatic carbocycles. The molecule has 2 aliphatic rings. The topological polar surface area (TPSA) is 92.9 Å². The maximum Gasteiger partial charge on any atom is 0.256 e. The molecule has 1 saturated heterocycles. The lowest BCUT2D eigenvalue weighted by Gasteiger charge is -2.36. The highest BCUT2D eigenvalue weighted by atomic mass is 32.2. The van der Waals surface area contributed by atoms with Gasteiger partial charge in [0.25, 0.3) is 10.0 Å². The first-order valence-corrected chi connectivity index (χ1v) is 11.6. The van der Waals surface area contributed by atoms with Crippen molar-refractivity contribution >= 4 is 21.6 Å². The molecule has 0 saturated carbocycles. The number of anilines is 1. The average molecular weight is 420 g/mol. The zero-order chi connectivity index (χ0) is 20.9. The quantitative estimate of drug-likeness (QED) is 0.652. The predicted molar refractivity (Wildman–Crippen MR) is 114 cm³/mol. The molecule has 1 fully saturated rings. The fourth-order valence-electron chi connectivity index (χ4n) is 3.55. The summed E-state index contributed by atoms with van der Waals surface area (Å²) in [6, 6.07) is 8.55. The Bertz CT molecular complexity index is 870. The lowest BCUT2D eigenvalue weighted by atomic mass is 10.1. The number of amides is 1. The highest BCUT2D eigenvalue weighted by molar-refractivity contribution is 7.89. The van der Waals surface area contributed by atoms with E-state index in [1.54, 1.807) is 0 Å². The van der Waals surface area contributed by atoms with Crippen LogP contribution in [0.25, 0.3) is 0 Å². The van der Waals surface area contributed by atoms with Crippen LogP contribution in [0.15, 0.2) is 48.3 Å². The van der Waals surface area contributed by atoms with Crippen molar-refractivity contribution in [3.63, 3.8) is 0 Å². The fourth-order valence-corrected chi connectivity index (χ4v) is 5.04. The largest absolute Gasteiger partial charge is 0.476 e. The van der Waals surface area contributed by atoms with Gasteiger partial charge in [0.15, 0.2) is 0 Å². The Hall–Kier alpha value is -2.32. The molecule has 0 radical (unpaired) electrons. The standard InChI is InChI=1S/C21H29N3O4S/c1-2-3-4-5-17-6-8-19(9-7-17)23-11-13-24(14-12-23)29(26,27)20-16-18(21(22)25)10-15-28-20/h6-10,15-16,20H,2-5,11-14H2,1H3,(H2,22,25). The van der Waals surface area contributed by atoms with Crippen molar-refractivity contribution in [2.75, 3.05) is 31.1 Å². The van der Waals surface area contributed by atoms with Crippen LogP contribution in [0.5, 0.6) is 0 Å². The molecule has 29 heavy (non-hydrogen) atoms. The molecule has 2 aliphatic heterocycles. The van der Waals surface area contributed by atoms with Gasteiger partial charge in [0, 0.05) is 37.4 Å². The summed E-state index contributed by atoms with van der Waals surface area (Å²) in [5.74, 6) is -0.673. The number of benzene rings is 1. The third-order valence-corrected chi connectivity index (χ3v) is 7.24. The lowest BCUT2D eigenvalue weighted by Crippen LogP contribution is -2.51. The summed E-state index contributed by atoms with van der Waals surface area (Å²) in [6.45, 7) is 4.13. The second kappa shape index (κ2) is 9.45. The SMILES string of the molecule is CCCCCc1ccc(N2CCN(S(=O)(=O)C3C=C(C(N)=O)C=CO3)CC2)cc1. The maximum absolute atomic E-state index is 12.9. The van der Waals surface area contributed by atoms with Gasteiger partial charge in [0.2, 0.25) is 11.3 Å². The monoisotopic (exact) mass is 419 g/mol. The number of nitrogens with zero attached hydrogens (tertiary/aromatic N) is 2. The van der Waals surface area contributed by atoms with Gasteiger partial charge in [0.1, 0.15) is 0 Å². The summed E-state index contributed by atoms with van der Waals surface area (Å²) in [4.78, 5) is 13.5. The van der Waals surface area contributed by atoms with Crippen LogP contribution in [-0.4, -0.2) is 50.2 Å². The molecule has 1 unspecified atom stereocenters. The number of piperazine rings is 1. The van der Waals surface area contributed by atoms with Crippen molar-refractivity contribution in [2.45, 2.75) is 38.0 Å². The van der Waals surface area contributed by atoms with Crippen molar-refractivity contribution < 1.29 is 17.9 Å². The molecule has 0 bridgehead atoms. The van der Waals surface area contributed by atoms with Gasteiger partial charge in [-0.25, -0.2) is 8.42 Å². The van der Waals surface area contributed by atoms with E-state index in [0.717, 1.165) is 12.1 Å². The first-order chi connectivity index (χ1) is 13.9. The molecular weight excluding hydrogens is 390 g/mol. The highest BCUT2D eigenvalue weighted by Crippen LogP contribution is 2.23. The number of sulfonamides is 1. The van der Waals surface area contributed by atoms with Gasteiger partial charge in [0.05, 0.1) is 6.26 Å². The number of primary amides is 1. The maximum atomic E-state index is 12.9. The summed E-state index contributed by atoms with van der Waals surface area (Å²) in [5, 5.41) is 0. The van der Waals surface area contributed by atoms with E-state index >= 15 is 0 Å². The second-order valence-electron chi connectivity index (χ2n) is 7.35. The molecule has 1 atom stereocenters. The van der Waals surface area contributed by atoms with Crippen molar-refractivity contribution in [1.82, 2.24) is 4.31 Å². The predicted octanol–water partition coefficient (Wildman–Crippen LogP) is 2.15. The summed E-state index contributed by atoms with van der Waals surface area (Å²) in [7, 11) is -3.73. The second-order valence-corrected chi connectivity index (χ2v) is 9.36. The van der Waals surface area contributed by atoms with Gasteiger partial charge in [-0.2, -0.15) is 4.31 Å². The van der Waals surface area contributed by atoms with Gasteiger partial charge in [-0.3, -0.25) is 4.79 Å². The number of rotatable bonds is 8. The number of unbranched alkanes of at least 4 members (excludes halogenated alkanes) is 2. The van der Waals surface area contributed by atoms with Crippen LogP contribution in [0.2, 0.25) is 0 Å². The number of hydrogen-bond donors (Lipinski definition) is 1.